The molecule has 0 unspecified atom stereocenters. The minimum absolute atomic E-state index is 0.167. The van der Waals surface area contributed by atoms with Gasteiger partial charge < -0.3 is 5.32 Å². The fourth-order valence-electron chi connectivity index (χ4n) is 1.38. The Balaban J connectivity index is 2.50. The van der Waals surface area contributed by atoms with E-state index in [-0.39, 0.29) is 5.54 Å². The first-order valence-electron chi connectivity index (χ1n) is 5.78. The van der Waals surface area contributed by atoms with E-state index < -0.39 is 0 Å². The first kappa shape index (κ1) is 12.2. The molecule has 0 fully saturated rings. The van der Waals surface area contributed by atoms with Gasteiger partial charge in [-0.2, -0.15) is 5.10 Å². The highest BCUT2D eigenvalue weighted by Gasteiger charge is 2.10. The van der Waals surface area contributed by atoms with E-state index in [1.54, 1.807) is 0 Å². The van der Waals surface area contributed by atoms with Gasteiger partial charge in [0.05, 0.1) is 5.69 Å². The monoisotopic (exact) mass is 209 g/mol. The Hall–Kier alpha value is -0.830. The molecule has 15 heavy (non-hydrogen) atoms. The lowest BCUT2D eigenvalue weighted by atomic mass is 10.1. The van der Waals surface area contributed by atoms with Gasteiger partial charge in [0, 0.05) is 24.8 Å². The minimum atomic E-state index is 0.167. The molecule has 0 aliphatic rings. The zero-order valence-corrected chi connectivity index (χ0v) is 10.4. The van der Waals surface area contributed by atoms with Crippen molar-refractivity contribution in [2.45, 2.75) is 59.2 Å². The molecular formula is C12H23N3. The molecule has 3 nitrogen and oxygen atoms in total. The molecule has 1 aromatic heterocycles. The van der Waals surface area contributed by atoms with Crippen LogP contribution >= 0.6 is 0 Å². The third-order valence-electron chi connectivity index (χ3n) is 2.33. The van der Waals surface area contributed by atoms with Gasteiger partial charge >= 0.3 is 0 Å². The average Bonchev–Trinajstić information content (AvgIpc) is 2.57. The topological polar surface area (TPSA) is 29.9 Å². The van der Waals surface area contributed by atoms with Crippen LogP contribution in [0.25, 0.3) is 0 Å². The van der Waals surface area contributed by atoms with Crippen molar-refractivity contribution in [3.63, 3.8) is 0 Å². The number of aryl methyl sites for hydroxylation is 1. The summed E-state index contributed by atoms with van der Waals surface area (Å²) in [7, 11) is 0. The summed E-state index contributed by atoms with van der Waals surface area (Å²) >= 11 is 0. The Morgan fingerprint density at radius 3 is 2.73 bits per heavy atom. The second-order valence-electron chi connectivity index (χ2n) is 5.00. The van der Waals surface area contributed by atoms with Crippen LogP contribution in [-0.4, -0.2) is 15.3 Å². The van der Waals surface area contributed by atoms with Gasteiger partial charge in [-0.1, -0.05) is 13.3 Å². The van der Waals surface area contributed by atoms with Crippen molar-refractivity contribution in [1.82, 2.24) is 15.1 Å². The van der Waals surface area contributed by atoms with Crippen LogP contribution in [0.4, 0.5) is 0 Å². The zero-order valence-electron chi connectivity index (χ0n) is 10.4. The SMILES string of the molecule is CCCCn1nccc1CNC(C)(C)C. The van der Waals surface area contributed by atoms with Crippen molar-refractivity contribution < 1.29 is 0 Å². The fraction of sp³-hybridized carbons (Fsp3) is 0.750. The number of unbranched alkanes of at least 4 members (excludes halogenated alkanes) is 1. The predicted octanol–water partition coefficient (Wildman–Crippen LogP) is 2.57. The van der Waals surface area contributed by atoms with Gasteiger partial charge in [0.25, 0.3) is 0 Å². The Bertz CT molecular complexity index is 283. The molecule has 0 aromatic carbocycles. The molecule has 1 heterocycles. The average molecular weight is 209 g/mol. The van der Waals surface area contributed by atoms with Gasteiger partial charge in [0.15, 0.2) is 0 Å². The molecule has 0 saturated heterocycles. The molecule has 0 amide bonds. The standard InChI is InChI=1S/C12H23N3/c1-5-6-9-15-11(7-8-14-15)10-13-12(2,3)4/h7-8,13H,5-6,9-10H2,1-4H3. The van der Waals surface area contributed by atoms with Crippen molar-refractivity contribution in [2.24, 2.45) is 0 Å². The van der Waals surface area contributed by atoms with Gasteiger partial charge in [-0.05, 0) is 33.3 Å². The Labute approximate surface area is 92.9 Å². The maximum Gasteiger partial charge on any atom is 0.0522 e. The van der Waals surface area contributed by atoms with Crippen LogP contribution < -0.4 is 5.32 Å². The molecule has 0 spiro atoms. The highest BCUT2D eigenvalue weighted by molar-refractivity contribution is 5.00. The summed E-state index contributed by atoms with van der Waals surface area (Å²) in [4.78, 5) is 0. The van der Waals surface area contributed by atoms with E-state index in [0.29, 0.717) is 0 Å². The van der Waals surface area contributed by atoms with Gasteiger partial charge in [-0.15, -0.1) is 0 Å². The van der Waals surface area contributed by atoms with Crippen molar-refractivity contribution in [1.29, 1.82) is 0 Å². The molecule has 86 valence electrons. The number of hydrogen-bond acceptors (Lipinski definition) is 2. The van der Waals surface area contributed by atoms with E-state index in [4.69, 9.17) is 0 Å². The van der Waals surface area contributed by atoms with Gasteiger partial charge in [-0.3, -0.25) is 4.68 Å². The first-order chi connectivity index (χ1) is 7.03. The van der Waals surface area contributed by atoms with Crippen molar-refractivity contribution >= 4 is 0 Å². The van der Waals surface area contributed by atoms with Gasteiger partial charge in [0.1, 0.15) is 0 Å². The number of aromatic nitrogens is 2. The van der Waals surface area contributed by atoms with Crippen LogP contribution in [-0.2, 0) is 13.1 Å². The van der Waals surface area contributed by atoms with E-state index >= 15 is 0 Å². The Kier molecular flexibility index (Phi) is 4.33. The van der Waals surface area contributed by atoms with Crippen LogP contribution in [0.5, 0.6) is 0 Å². The number of rotatable bonds is 5. The number of hydrogen-bond donors (Lipinski definition) is 1. The fourth-order valence-corrected chi connectivity index (χ4v) is 1.38. The predicted molar refractivity (Wildman–Crippen MR) is 63.7 cm³/mol. The summed E-state index contributed by atoms with van der Waals surface area (Å²) in [6, 6.07) is 2.09. The van der Waals surface area contributed by atoms with Crippen molar-refractivity contribution in [3.8, 4) is 0 Å². The highest BCUT2D eigenvalue weighted by atomic mass is 15.3. The number of nitrogens with zero attached hydrogens (tertiary/aromatic N) is 2. The van der Waals surface area contributed by atoms with Gasteiger partial charge in [0.2, 0.25) is 0 Å². The third-order valence-corrected chi connectivity index (χ3v) is 2.33. The van der Waals surface area contributed by atoms with Crippen LogP contribution in [0, 0.1) is 0 Å². The van der Waals surface area contributed by atoms with E-state index in [9.17, 15) is 0 Å². The third kappa shape index (κ3) is 4.47. The summed E-state index contributed by atoms with van der Waals surface area (Å²) in [5.74, 6) is 0. The molecule has 0 atom stereocenters. The molecule has 0 radical (unpaired) electrons. The molecular weight excluding hydrogens is 186 g/mol. The lowest BCUT2D eigenvalue weighted by Gasteiger charge is -2.20. The van der Waals surface area contributed by atoms with Crippen molar-refractivity contribution in [2.75, 3.05) is 0 Å². The molecule has 1 aromatic rings. The smallest absolute Gasteiger partial charge is 0.0522 e. The normalized spacial score (nSPS) is 12.0. The molecule has 0 aliphatic heterocycles. The summed E-state index contributed by atoms with van der Waals surface area (Å²) in [5, 5.41) is 7.81. The zero-order chi connectivity index (χ0) is 11.3. The van der Waals surface area contributed by atoms with E-state index in [1.165, 1.54) is 18.5 Å². The Morgan fingerprint density at radius 2 is 2.13 bits per heavy atom. The molecule has 0 bridgehead atoms. The molecule has 1 N–H and O–H groups in total. The summed E-state index contributed by atoms with van der Waals surface area (Å²) in [6.07, 6.45) is 4.30. The van der Waals surface area contributed by atoms with Crippen molar-refractivity contribution in [3.05, 3.63) is 18.0 Å². The maximum absolute atomic E-state index is 4.33. The summed E-state index contributed by atoms with van der Waals surface area (Å²) in [5.41, 5.74) is 1.44. The van der Waals surface area contributed by atoms with E-state index in [2.05, 4.69) is 48.9 Å². The Morgan fingerprint density at radius 1 is 1.40 bits per heavy atom. The minimum Gasteiger partial charge on any atom is -0.306 e. The quantitative estimate of drug-likeness (QED) is 0.807. The number of nitrogens with one attached hydrogen (secondary N) is 1. The van der Waals surface area contributed by atoms with Crippen LogP contribution in [0.15, 0.2) is 12.3 Å². The first-order valence-corrected chi connectivity index (χ1v) is 5.78. The lowest BCUT2D eigenvalue weighted by molar-refractivity contribution is 0.410. The lowest BCUT2D eigenvalue weighted by Crippen LogP contribution is -2.35. The van der Waals surface area contributed by atoms with Crippen LogP contribution in [0.3, 0.4) is 0 Å². The van der Waals surface area contributed by atoms with Crippen LogP contribution in [0.2, 0.25) is 0 Å². The molecule has 1 rings (SSSR count). The summed E-state index contributed by atoms with van der Waals surface area (Å²) in [6.45, 7) is 10.7. The second kappa shape index (κ2) is 5.31. The largest absolute Gasteiger partial charge is 0.306 e. The molecule has 3 heteroatoms. The highest BCUT2D eigenvalue weighted by Crippen LogP contribution is 2.05. The van der Waals surface area contributed by atoms with E-state index in [0.717, 1.165) is 13.1 Å². The van der Waals surface area contributed by atoms with Crippen LogP contribution in [0.1, 0.15) is 46.2 Å². The van der Waals surface area contributed by atoms with E-state index in [1.807, 2.05) is 6.20 Å². The molecule has 0 saturated carbocycles. The summed E-state index contributed by atoms with van der Waals surface area (Å²) < 4.78 is 2.10. The molecule has 0 aliphatic carbocycles. The maximum atomic E-state index is 4.33. The van der Waals surface area contributed by atoms with Gasteiger partial charge in [-0.25, -0.2) is 0 Å². The second-order valence-corrected chi connectivity index (χ2v) is 5.00.